The van der Waals surface area contributed by atoms with E-state index in [0.717, 1.165) is 17.1 Å². The molecular weight excluding hydrogens is 747 g/mol. The molecule has 0 amide bonds. The summed E-state index contributed by atoms with van der Waals surface area (Å²) in [4.78, 5) is 2.43. The Labute approximate surface area is 370 Å². The molecule has 9 rings (SSSR count). The number of nitrogens with zero attached hydrogens (tertiary/aromatic N) is 1. The fourth-order valence-corrected chi connectivity index (χ4v) is 9.27. The van der Waals surface area contributed by atoms with Gasteiger partial charge in [-0.1, -0.05) is 219 Å². The van der Waals surface area contributed by atoms with E-state index in [4.69, 9.17) is 0 Å². The molecule has 306 valence electrons. The van der Waals surface area contributed by atoms with E-state index < -0.39 is 0 Å². The van der Waals surface area contributed by atoms with Crippen LogP contribution in [0.4, 0.5) is 17.1 Å². The minimum atomic E-state index is -0.217. The number of benzene rings is 8. The van der Waals surface area contributed by atoms with E-state index in [-0.39, 0.29) is 16.2 Å². The third kappa shape index (κ3) is 7.73. The van der Waals surface area contributed by atoms with Crippen LogP contribution < -0.4 is 4.90 Å². The Morgan fingerprint density at radius 2 is 0.742 bits per heavy atom. The molecule has 0 bridgehead atoms. The van der Waals surface area contributed by atoms with Crippen molar-refractivity contribution >= 4 is 28.2 Å². The maximum atomic E-state index is 2.45. The summed E-state index contributed by atoms with van der Waals surface area (Å²) in [6.07, 6.45) is 0. The van der Waals surface area contributed by atoms with E-state index in [0.29, 0.717) is 0 Å². The van der Waals surface area contributed by atoms with Gasteiger partial charge < -0.3 is 4.90 Å². The Bertz CT molecular complexity index is 2720. The van der Waals surface area contributed by atoms with E-state index >= 15 is 0 Å². The average molecular weight is 804 g/mol. The van der Waals surface area contributed by atoms with Crippen LogP contribution in [0.3, 0.4) is 0 Å². The van der Waals surface area contributed by atoms with Crippen LogP contribution in [0.25, 0.3) is 33.4 Å². The quantitative estimate of drug-likeness (QED) is 0.155. The lowest BCUT2D eigenvalue weighted by Crippen LogP contribution is -2.27. The number of rotatable bonds is 7. The second-order valence-electron chi connectivity index (χ2n) is 19.5. The van der Waals surface area contributed by atoms with Crippen molar-refractivity contribution in [3.05, 3.63) is 245 Å². The Morgan fingerprint density at radius 1 is 0.371 bits per heavy atom. The molecule has 0 unspecified atom stereocenters. The molecule has 0 heterocycles. The fourth-order valence-electron chi connectivity index (χ4n) is 9.27. The number of hydrogen-bond donors (Lipinski definition) is 0. The molecule has 0 saturated carbocycles. The van der Waals surface area contributed by atoms with Gasteiger partial charge in [0.05, 0.1) is 0 Å². The molecule has 0 aromatic heterocycles. The van der Waals surface area contributed by atoms with Crippen LogP contribution in [0.1, 0.15) is 99.9 Å². The van der Waals surface area contributed by atoms with Gasteiger partial charge in [0.15, 0.2) is 0 Å². The predicted octanol–water partition coefficient (Wildman–Crippen LogP) is 16.7. The summed E-state index contributed by atoms with van der Waals surface area (Å²) in [6.45, 7) is 18.4. The maximum absolute atomic E-state index is 2.45. The van der Waals surface area contributed by atoms with Crippen molar-refractivity contribution in [3.63, 3.8) is 0 Å². The molecule has 0 aliphatic heterocycles. The third-order valence-electron chi connectivity index (χ3n) is 12.9. The lowest BCUT2D eigenvalue weighted by atomic mass is 9.65. The number of hydrogen-bond acceptors (Lipinski definition) is 1. The van der Waals surface area contributed by atoms with Crippen LogP contribution >= 0.6 is 0 Å². The number of fused-ring (bicyclic) bond motifs is 2. The topological polar surface area (TPSA) is 3.24 Å². The summed E-state index contributed by atoms with van der Waals surface area (Å²) < 4.78 is 0. The fraction of sp³-hybridized carbons (Fsp3) is 0.180. The first kappa shape index (κ1) is 40.7. The van der Waals surface area contributed by atoms with Crippen molar-refractivity contribution in [2.75, 3.05) is 4.90 Å². The van der Waals surface area contributed by atoms with Crippen molar-refractivity contribution in [1.29, 1.82) is 0 Å². The smallest absolute Gasteiger partial charge is 0.0468 e. The molecule has 62 heavy (non-hydrogen) atoms. The summed E-state index contributed by atoms with van der Waals surface area (Å²) in [5.74, 6) is 0. The second kappa shape index (κ2) is 16.0. The highest BCUT2D eigenvalue weighted by Gasteiger charge is 2.37. The van der Waals surface area contributed by atoms with Crippen LogP contribution in [-0.4, -0.2) is 0 Å². The molecule has 8 aromatic carbocycles. The monoisotopic (exact) mass is 803 g/mol. The van der Waals surface area contributed by atoms with E-state index in [2.05, 4.69) is 260 Å². The Balaban J connectivity index is 1.23. The zero-order valence-electron chi connectivity index (χ0n) is 37.5. The highest BCUT2D eigenvalue weighted by Crippen LogP contribution is 2.51. The SMILES string of the molecule is CC(C)(C)c1ccc(-c2ccc(N(c3ccc(-c4ccc(C(C)(C)C)cc4)cc3)c3ccc4c(c3)C(=C(c3ccccc3)c3ccccc3)c3ccccc3C4(C)C)cc2)cc1. The summed E-state index contributed by atoms with van der Waals surface area (Å²) >= 11 is 0. The van der Waals surface area contributed by atoms with Crippen LogP contribution in [0.5, 0.6) is 0 Å². The van der Waals surface area contributed by atoms with Gasteiger partial charge in [0.2, 0.25) is 0 Å². The van der Waals surface area contributed by atoms with Crippen molar-refractivity contribution in [1.82, 2.24) is 0 Å². The summed E-state index contributed by atoms with van der Waals surface area (Å²) in [7, 11) is 0. The third-order valence-corrected chi connectivity index (χ3v) is 12.9. The van der Waals surface area contributed by atoms with E-state index in [9.17, 15) is 0 Å². The van der Waals surface area contributed by atoms with Crippen molar-refractivity contribution in [3.8, 4) is 22.3 Å². The first-order valence-electron chi connectivity index (χ1n) is 22.1. The highest BCUT2D eigenvalue weighted by molar-refractivity contribution is 6.07. The van der Waals surface area contributed by atoms with Gasteiger partial charge in [0, 0.05) is 22.5 Å². The Hall–Kier alpha value is -6.70. The zero-order chi connectivity index (χ0) is 43.2. The van der Waals surface area contributed by atoms with Gasteiger partial charge in [0.1, 0.15) is 0 Å². The van der Waals surface area contributed by atoms with Gasteiger partial charge >= 0.3 is 0 Å². The van der Waals surface area contributed by atoms with Crippen molar-refractivity contribution in [2.24, 2.45) is 0 Å². The molecule has 0 spiro atoms. The van der Waals surface area contributed by atoms with E-state index in [1.807, 2.05) is 0 Å². The normalized spacial score (nSPS) is 13.3. The van der Waals surface area contributed by atoms with Crippen LogP contribution in [0, 0.1) is 0 Å². The standard InChI is InChI=1S/C61H57N/c1-59(2,3)48-31-23-42(24-32-48)44-27-35-50(36-28-44)62(51-37-29-45(30-38-51)43-25-33-49(34-26-43)60(4,5)6)52-39-40-56-54(41-52)58(53-21-15-16-22-55(53)61(56,7)8)57(46-17-11-9-12-18-46)47-19-13-10-14-20-47/h9-41H,1-8H3. The van der Waals surface area contributed by atoms with Crippen LogP contribution in [0.15, 0.2) is 200 Å². The van der Waals surface area contributed by atoms with Crippen molar-refractivity contribution < 1.29 is 0 Å². The Kier molecular flexibility index (Phi) is 10.5. The summed E-state index contributed by atoms with van der Waals surface area (Å²) in [5.41, 5.74) is 20.9. The van der Waals surface area contributed by atoms with Crippen LogP contribution in [0.2, 0.25) is 0 Å². The lowest BCUT2D eigenvalue weighted by Gasteiger charge is -2.38. The summed E-state index contributed by atoms with van der Waals surface area (Å²) in [5, 5.41) is 0. The van der Waals surface area contributed by atoms with Gasteiger partial charge in [-0.15, -0.1) is 0 Å². The highest BCUT2D eigenvalue weighted by atomic mass is 15.1. The Morgan fingerprint density at radius 3 is 1.18 bits per heavy atom. The first-order valence-corrected chi connectivity index (χ1v) is 22.1. The molecule has 0 atom stereocenters. The van der Waals surface area contributed by atoms with Crippen molar-refractivity contribution in [2.45, 2.75) is 71.6 Å². The van der Waals surface area contributed by atoms with Gasteiger partial charge in [-0.3, -0.25) is 0 Å². The molecule has 0 radical (unpaired) electrons. The van der Waals surface area contributed by atoms with Gasteiger partial charge in [-0.05, 0) is 125 Å². The van der Waals surface area contributed by atoms with Gasteiger partial charge in [0.25, 0.3) is 0 Å². The number of anilines is 3. The van der Waals surface area contributed by atoms with E-state index in [1.54, 1.807) is 0 Å². The average Bonchev–Trinajstić information content (AvgIpc) is 3.28. The molecule has 1 aliphatic rings. The molecule has 1 aliphatic carbocycles. The van der Waals surface area contributed by atoms with E-state index in [1.165, 1.54) is 77.9 Å². The maximum Gasteiger partial charge on any atom is 0.0468 e. The van der Waals surface area contributed by atoms with Gasteiger partial charge in [-0.25, -0.2) is 0 Å². The minimum Gasteiger partial charge on any atom is -0.310 e. The van der Waals surface area contributed by atoms with Gasteiger partial charge in [-0.2, -0.15) is 0 Å². The minimum absolute atomic E-state index is 0.110. The molecule has 1 heteroatoms. The largest absolute Gasteiger partial charge is 0.310 e. The molecule has 8 aromatic rings. The molecular formula is C61H57N. The molecule has 0 fully saturated rings. The van der Waals surface area contributed by atoms with Crippen LogP contribution in [-0.2, 0) is 16.2 Å². The molecule has 0 N–H and O–H groups in total. The molecule has 1 nitrogen and oxygen atoms in total. The lowest BCUT2D eigenvalue weighted by molar-refractivity contribution is 0.590. The zero-order valence-corrected chi connectivity index (χ0v) is 37.5. The predicted molar refractivity (Wildman–Crippen MR) is 266 cm³/mol. The second-order valence-corrected chi connectivity index (χ2v) is 19.5. The summed E-state index contributed by atoms with van der Waals surface area (Å²) in [6, 6.07) is 74.3. The molecule has 0 saturated heterocycles. The first-order chi connectivity index (χ1) is 29.8.